The first-order valence-electron chi connectivity index (χ1n) is 8.25. The summed E-state index contributed by atoms with van der Waals surface area (Å²) in [5.41, 5.74) is 4.60. The third kappa shape index (κ3) is 3.94. The van der Waals surface area contributed by atoms with E-state index in [-0.39, 0.29) is 16.6 Å². The van der Waals surface area contributed by atoms with E-state index in [0.29, 0.717) is 22.1 Å². The normalized spacial score (nSPS) is 16.9. The summed E-state index contributed by atoms with van der Waals surface area (Å²) in [6.07, 6.45) is 3.18. The van der Waals surface area contributed by atoms with Crippen LogP contribution < -0.4 is 5.43 Å². The maximum Gasteiger partial charge on any atom is 0.288 e. The molecular weight excluding hydrogens is 374 g/mol. The summed E-state index contributed by atoms with van der Waals surface area (Å²) in [7, 11) is 0. The second-order valence-corrected chi connectivity index (χ2v) is 8.01. The molecule has 1 amide bonds. The maximum absolute atomic E-state index is 12.4. The number of hydrogen-bond acceptors (Lipinski definition) is 5. The standard InChI is InChI=1S/C18H18ClN3O3S/c1-10-3-6-16-13(7-10)9-17(26-16)18(23)21-20-11(2)12-4-5-14(19)15(8-12)22(24)25/h4-5,8-10H,3,6-7H2,1-2H3,(H,21,23)/b20-11-/t10-/m0/s1. The Bertz CT molecular complexity index is 907. The van der Waals surface area contributed by atoms with Gasteiger partial charge >= 0.3 is 0 Å². The van der Waals surface area contributed by atoms with Crippen molar-refractivity contribution in [1.29, 1.82) is 0 Å². The van der Waals surface area contributed by atoms with Crippen molar-refractivity contribution in [3.63, 3.8) is 0 Å². The Balaban J connectivity index is 1.74. The molecule has 1 aromatic carbocycles. The van der Waals surface area contributed by atoms with Crippen molar-refractivity contribution in [2.45, 2.75) is 33.1 Å². The second-order valence-electron chi connectivity index (χ2n) is 6.47. The van der Waals surface area contributed by atoms with Crippen LogP contribution in [0.5, 0.6) is 0 Å². The van der Waals surface area contributed by atoms with Gasteiger partial charge in [-0.15, -0.1) is 11.3 Å². The van der Waals surface area contributed by atoms with Crippen LogP contribution in [-0.2, 0) is 12.8 Å². The third-order valence-electron chi connectivity index (χ3n) is 4.44. The fourth-order valence-electron chi connectivity index (χ4n) is 2.95. The van der Waals surface area contributed by atoms with Crippen molar-refractivity contribution in [2.75, 3.05) is 0 Å². The molecule has 1 aromatic heterocycles. The van der Waals surface area contributed by atoms with E-state index in [9.17, 15) is 14.9 Å². The first-order chi connectivity index (χ1) is 12.3. The van der Waals surface area contributed by atoms with E-state index in [0.717, 1.165) is 19.3 Å². The Morgan fingerprint density at radius 1 is 1.42 bits per heavy atom. The third-order valence-corrected chi connectivity index (χ3v) is 5.99. The van der Waals surface area contributed by atoms with Crippen LogP contribution in [0.15, 0.2) is 29.4 Å². The van der Waals surface area contributed by atoms with Crippen molar-refractivity contribution < 1.29 is 9.72 Å². The number of fused-ring (bicyclic) bond motifs is 1. The zero-order valence-corrected chi connectivity index (χ0v) is 16.0. The molecule has 26 heavy (non-hydrogen) atoms. The number of amides is 1. The molecule has 0 fully saturated rings. The highest BCUT2D eigenvalue weighted by Gasteiger charge is 2.20. The minimum absolute atomic E-state index is 0.0639. The van der Waals surface area contributed by atoms with Gasteiger partial charge in [0.25, 0.3) is 11.6 Å². The first-order valence-corrected chi connectivity index (χ1v) is 9.45. The Morgan fingerprint density at radius 3 is 2.92 bits per heavy atom. The van der Waals surface area contributed by atoms with Gasteiger partial charge in [0.2, 0.25) is 0 Å². The molecule has 0 spiro atoms. The van der Waals surface area contributed by atoms with Crippen molar-refractivity contribution in [3.8, 4) is 0 Å². The number of halogens is 1. The number of thiophene rings is 1. The maximum atomic E-state index is 12.4. The minimum Gasteiger partial charge on any atom is -0.266 e. The lowest BCUT2D eigenvalue weighted by Crippen LogP contribution is -2.18. The number of hydrogen-bond donors (Lipinski definition) is 1. The number of nitrogens with one attached hydrogen (secondary N) is 1. The van der Waals surface area contributed by atoms with Gasteiger partial charge in [-0.3, -0.25) is 14.9 Å². The fourth-order valence-corrected chi connectivity index (χ4v) is 4.23. The molecular formula is C18H18ClN3O3S. The zero-order chi connectivity index (χ0) is 18.8. The van der Waals surface area contributed by atoms with Crippen LogP contribution in [0.25, 0.3) is 0 Å². The summed E-state index contributed by atoms with van der Waals surface area (Å²) in [5, 5.41) is 15.1. The Hall–Kier alpha value is -2.25. The Morgan fingerprint density at radius 2 is 2.19 bits per heavy atom. The van der Waals surface area contributed by atoms with E-state index < -0.39 is 4.92 Å². The highest BCUT2D eigenvalue weighted by atomic mass is 35.5. The molecule has 6 nitrogen and oxygen atoms in total. The van der Waals surface area contributed by atoms with Gasteiger partial charge in [-0.25, -0.2) is 5.43 Å². The van der Waals surface area contributed by atoms with Gasteiger partial charge in [0.05, 0.1) is 15.5 Å². The van der Waals surface area contributed by atoms with Crippen LogP contribution in [0.3, 0.4) is 0 Å². The molecule has 2 aromatic rings. The highest BCUT2D eigenvalue weighted by molar-refractivity contribution is 7.14. The molecule has 3 rings (SSSR count). The summed E-state index contributed by atoms with van der Waals surface area (Å²) in [4.78, 5) is 24.7. The number of benzene rings is 1. The quantitative estimate of drug-likeness (QED) is 0.470. The number of nitro groups is 1. The summed E-state index contributed by atoms with van der Waals surface area (Å²) >= 11 is 7.33. The first kappa shape index (κ1) is 18.5. The molecule has 1 heterocycles. The van der Waals surface area contributed by atoms with Crippen LogP contribution in [0, 0.1) is 16.0 Å². The van der Waals surface area contributed by atoms with Crippen molar-refractivity contribution in [1.82, 2.24) is 5.43 Å². The minimum atomic E-state index is -0.547. The van der Waals surface area contributed by atoms with Gasteiger partial charge in [-0.1, -0.05) is 24.6 Å². The summed E-state index contributed by atoms with van der Waals surface area (Å²) in [6.45, 7) is 3.90. The number of carbonyl (C=O) groups excluding carboxylic acids is 1. The summed E-state index contributed by atoms with van der Waals surface area (Å²) in [5.74, 6) is 0.383. The Labute approximate surface area is 160 Å². The van der Waals surface area contributed by atoms with Crippen molar-refractivity contribution in [2.24, 2.45) is 11.0 Å². The van der Waals surface area contributed by atoms with Gasteiger partial charge in [0.15, 0.2) is 0 Å². The van der Waals surface area contributed by atoms with Gasteiger partial charge in [0, 0.05) is 16.5 Å². The van der Waals surface area contributed by atoms with E-state index in [1.165, 1.54) is 33.9 Å². The molecule has 0 unspecified atom stereocenters. The Kier molecular flexibility index (Phi) is 5.38. The summed E-state index contributed by atoms with van der Waals surface area (Å²) in [6, 6.07) is 6.37. The summed E-state index contributed by atoms with van der Waals surface area (Å²) < 4.78 is 0. The predicted octanol–water partition coefficient (Wildman–Crippen LogP) is 4.59. The molecule has 136 valence electrons. The lowest BCUT2D eigenvalue weighted by atomic mass is 9.90. The van der Waals surface area contributed by atoms with Gasteiger partial charge in [-0.2, -0.15) is 5.10 Å². The van der Waals surface area contributed by atoms with Crippen LogP contribution in [-0.4, -0.2) is 16.5 Å². The molecule has 8 heteroatoms. The molecule has 0 saturated heterocycles. The second kappa shape index (κ2) is 7.55. The number of nitrogens with zero attached hydrogens (tertiary/aromatic N) is 2. The molecule has 0 saturated carbocycles. The van der Waals surface area contributed by atoms with Crippen LogP contribution >= 0.6 is 22.9 Å². The van der Waals surface area contributed by atoms with E-state index in [1.807, 2.05) is 6.07 Å². The van der Waals surface area contributed by atoms with Crippen LogP contribution in [0.2, 0.25) is 5.02 Å². The van der Waals surface area contributed by atoms with Gasteiger partial charge in [-0.05, 0) is 49.8 Å². The molecule has 0 radical (unpaired) electrons. The number of hydrazone groups is 1. The molecule has 1 N–H and O–H groups in total. The lowest BCUT2D eigenvalue weighted by molar-refractivity contribution is -0.384. The van der Waals surface area contributed by atoms with Crippen LogP contribution in [0.1, 0.15) is 45.9 Å². The number of nitro benzene ring substituents is 1. The SMILES string of the molecule is C/C(=N/NC(=O)c1cc2c(s1)CC[C@H](C)C2)c1ccc(Cl)c([N+](=O)[O-])c1. The topological polar surface area (TPSA) is 84.6 Å². The lowest BCUT2D eigenvalue weighted by Gasteiger charge is -2.16. The number of carbonyl (C=O) groups is 1. The molecule has 1 atom stereocenters. The number of aryl methyl sites for hydroxylation is 1. The zero-order valence-electron chi connectivity index (χ0n) is 14.4. The van der Waals surface area contributed by atoms with E-state index in [4.69, 9.17) is 11.6 Å². The van der Waals surface area contributed by atoms with Crippen LogP contribution in [0.4, 0.5) is 5.69 Å². The number of rotatable bonds is 4. The van der Waals surface area contributed by atoms with E-state index in [2.05, 4.69) is 17.5 Å². The predicted molar refractivity (Wildman–Crippen MR) is 103 cm³/mol. The van der Waals surface area contributed by atoms with E-state index >= 15 is 0 Å². The average Bonchev–Trinajstić information content (AvgIpc) is 3.02. The van der Waals surface area contributed by atoms with Crippen molar-refractivity contribution in [3.05, 3.63) is 60.3 Å². The smallest absolute Gasteiger partial charge is 0.266 e. The highest BCUT2D eigenvalue weighted by Crippen LogP contribution is 2.32. The molecule has 0 bridgehead atoms. The monoisotopic (exact) mass is 391 g/mol. The van der Waals surface area contributed by atoms with Gasteiger partial charge in [0.1, 0.15) is 5.02 Å². The molecule has 1 aliphatic carbocycles. The van der Waals surface area contributed by atoms with Crippen molar-refractivity contribution >= 4 is 40.2 Å². The molecule has 1 aliphatic rings. The van der Waals surface area contributed by atoms with E-state index in [1.54, 1.807) is 13.0 Å². The average molecular weight is 392 g/mol. The fraction of sp³-hybridized carbons (Fsp3) is 0.333. The molecule has 0 aliphatic heterocycles. The largest absolute Gasteiger partial charge is 0.288 e. The van der Waals surface area contributed by atoms with Gasteiger partial charge < -0.3 is 0 Å².